The van der Waals surface area contributed by atoms with E-state index in [-0.39, 0.29) is 11.4 Å². The molecule has 0 spiro atoms. The zero-order valence-corrected chi connectivity index (χ0v) is 7.54. The molecule has 0 aromatic carbocycles. The molecular weight excluding hydrogens is 202 g/mol. The van der Waals surface area contributed by atoms with Crippen LogP contribution in [-0.2, 0) is 16.8 Å². The van der Waals surface area contributed by atoms with E-state index in [0.717, 1.165) is 11.3 Å². The fourth-order valence-electron chi connectivity index (χ4n) is 0.579. The summed E-state index contributed by atoms with van der Waals surface area (Å²) in [5.41, 5.74) is 0.499. The number of H-pyrrole nitrogens is 1. The van der Waals surface area contributed by atoms with Gasteiger partial charge in [-0.2, -0.15) is 13.1 Å². The number of nitrogens with one attached hydrogen (secondary N) is 2. The van der Waals surface area contributed by atoms with Crippen LogP contribution in [0.3, 0.4) is 0 Å². The molecule has 1 heterocycles. The van der Waals surface area contributed by atoms with Crippen LogP contribution in [0.25, 0.3) is 0 Å². The molecule has 0 amide bonds. The van der Waals surface area contributed by atoms with Gasteiger partial charge in [0.15, 0.2) is 0 Å². The van der Waals surface area contributed by atoms with Gasteiger partial charge >= 0.3 is 4.87 Å². The van der Waals surface area contributed by atoms with Crippen LogP contribution >= 0.6 is 11.3 Å². The van der Waals surface area contributed by atoms with E-state index in [1.807, 2.05) is 4.72 Å². The summed E-state index contributed by atoms with van der Waals surface area (Å²) in [6.07, 6.45) is 0. The van der Waals surface area contributed by atoms with Gasteiger partial charge in [0.05, 0.1) is 6.54 Å². The summed E-state index contributed by atoms with van der Waals surface area (Å²) in [7, 11) is -3.68. The van der Waals surface area contributed by atoms with Crippen molar-refractivity contribution in [1.29, 1.82) is 0 Å². The van der Waals surface area contributed by atoms with Gasteiger partial charge < -0.3 is 4.98 Å². The van der Waals surface area contributed by atoms with E-state index in [2.05, 4.69) is 10.1 Å². The Morgan fingerprint density at radius 1 is 1.67 bits per heavy atom. The highest BCUT2D eigenvalue weighted by atomic mass is 32.2. The lowest BCUT2D eigenvalue weighted by Gasteiger charge is -1.97. The minimum Gasteiger partial charge on any atom is -0.315 e. The number of hydrogen-bond acceptors (Lipinski definition) is 4. The second kappa shape index (κ2) is 3.35. The van der Waals surface area contributed by atoms with Gasteiger partial charge in [-0.3, -0.25) is 4.79 Å². The number of rotatable bonds is 3. The van der Waals surface area contributed by atoms with E-state index in [9.17, 15) is 13.2 Å². The Kier molecular flexibility index (Phi) is 2.62. The average molecular weight is 209 g/mol. The average Bonchev–Trinajstić information content (AvgIpc) is 2.30. The van der Waals surface area contributed by atoms with Gasteiger partial charge in [0.1, 0.15) is 0 Å². The zero-order chi connectivity index (χ0) is 9.19. The highest BCUT2D eigenvalue weighted by Crippen LogP contribution is 1.94. The molecule has 0 saturated carbocycles. The number of aromatic amines is 1. The molecule has 6 nitrogen and oxygen atoms in total. The predicted octanol–water partition coefficient (Wildman–Crippen LogP) is -1.27. The SMILES string of the molecule is NS(=O)(=O)NCc1csc(=O)[nH]1. The van der Waals surface area contributed by atoms with E-state index < -0.39 is 10.2 Å². The van der Waals surface area contributed by atoms with Crippen LogP contribution in [0, 0.1) is 0 Å². The quantitative estimate of drug-likeness (QED) is 0.578. The molecule has 1 aromatic rings. The van der Waals surface area contributed by atoms with E-state index in [1.165, 1.54) is 5.38 Å². The highest BCUT2D eigenvalue weighted by Gasteiger charge is 2.02. The Labute approximate surface area is 72.6 Å². The van der Waals surface area contributed by atoms with E-state index in [1.54, 1.807) is 0 Å². The molecule has 1 rings (SSSR count). The predicted molar refractivity (Wildman–Crippen MR) is 44.9 cm³/mol. The molecular formula is C4H7N3O3S2. The van der Waals surface area contributed by atoms with E-state index in [0.29, 0.717) is 5.69 Å². The monoisotopic (exact) mass is 209 g/mol. The Bertz CT molecular complexity index is 403. The van der Waals surface area contributed by atoms with Crippen molar-refractivity contribution >= 4 is 21.5 Å². The van der Waals surface area contributed by atoms with Gasteiger partial charge in [-0.1, -0.05) is 11.3 Å². The number of hydrogen-bond donors (Lipinski definition) is 3. The van der Waals surface area contributed by atoms with Crippen molar-refractivity contribution in [3.63, 3.8) is 0 Å². The lowest BCUT2D eigenvalue weighted by molar-refractivity contribution is 0.582. The smallest absolute Gasteiger partial charge is 0.304 e. The largest absolute Gasteiger partial charge is 0.315 e. The summed E-state index contributed by atoms with van der Waals surface area (Å²) in [4.78, 5) is 12.8. The van der Waals surface area contributed by atoms with Gasteiger partial charge in [0, 0.05) is 11.1 Å². The molecule has 0 aliphatic carbocycles. The van der Waals surface area contributed by atoms with Crippen LogP contribution < -0.4 is 14.7 Å². The third-order valence-electron chi connectivity index (χ3n) is 1.03. The van der Waals surface area contributed by atoms with Crippen molar-refractivity contribution in [2.45, 2.75) is 6.54 Å². The fraction of sp³-hybridized carbons (Fsp3) is 0.250. The van der Waals surface area contributed by atoms with Crippen molar-refractivity contribution < 1.29 is 8.42 Å². The lowest BCUT2D eigenvalue weighted by atomic mass is 10.5. The first kappa shape index (κ1) is 9.39. The molecule has 0 atom stereocenters. The molecule has 0 unspecified atom stereocenters. The summed E-state index contributed by atoms with van der Waals surface area (Å²) < 4.78 is 22.8. The van der Waals surface area contributed by atoms with E-state index in [4.69, 9.17) is 0 Å². The number of aromatic nitrogens is 1. The summed E-state index contributed by atoms with van der Waals surface area (Å²) in [6.45, 7) is 0.0115. The summed E-state index contributed by atoms with van der Waals surface area (Å²) in [6, 6.07) is 0. The molecule has 1 aromatic heterocycles. The number of thiazole rings is 1. The normalized spacial score (nSPS) is 11.8. The minimum atomic E-state index is -3.68. The maximum atomic E-state index is 10.6. The van der Waals surface area contributed by atoms with Crippen LogP contribution in [0.5, 0.6) is 0 Å². The maximum absolute atomic E-state index is 10.6. The molecule has 4 N–H and O–H groups in total. The minimum absolute atomic E-state index is 0.0115. The Morgan fingerprint density at radius 3 is 2.75 bits per heavy atom. The molecule has 68 valence electrons. The van der Waals surface area contributed by atoms with Gasteiger partial charge in [-0.05, 0) is 0 Å². The Hall–Kier alpha value is -0.700. The second-order valence-electron chi connectivity index (χ2n) is 2.04. The first-order valence-corrected chi connectivity index (χ1v) is 5.34. The summed E-state index contributed by atoms with van der Waals surface area (Å²) >= 11 is 0.968. The molecule has 12 heavy (non-hydrogen) atoms. The molecule has 0 aliphatic rings. The van der Waals surface area contributed by atoms with Gasteiger partial charge in [-0.15, -0.1) is 0 Å². The third kappa shape index (κ3) is 3.13. The van der Waals surface area contributed by atoms with Gasteiger partial charge in [-0.25, -0.2) is 5.14 Å². The standard InChI is InChI=1S/C4H7N3O3S2/c5-12(9,10)6-1-3-2-11-4(8)7-3/h2,6H,1H2,(H,7,8)(H2,5,9,10). The topological polar surface area (TPSA) is 105 Å². The molecule has 8 heteroatoms. The highest BCUT2D eigenvalue weighted by molar-refractivity contribution is 7.87. The van der Waals surface area contributed by atoms with Gasteiger partial charge in [0.25, 0.3) is 10.2 Å². The van der Waals surface area contributed by atoms with E-state index >= 15 is 0 Å². The van der Waals surface area contributed by atoms with Crippen LogP contribution in [0.1, 0.15) is 5.69 Å². The zero-order valence-electron chi connectivity index (χ0n) is 5.90. The molecule has 0 saturated heterocycles. The molecule has 0 fully saturated rings. The van der Waals surface area contributed by atoms with Gasteiger partial charge in [0.2, 0.25) is 0 Å². The maximum Gasteiger partial charge on any atom is 0.304 e. The van der Waals surface area contributed by atoms with Crippen molar-refractivity contribution in [2.24, 2.45) is 5.14 Å². The first-order chi connectivity index (χ1) is 5.47. The van der Waals surface area contributed by atoms with Crippen LogP contribution in [0.2, 0.25) is 0 Å². The van der Waals surface area contributed by atoms with Crippen LogP contribution in [0.15, 0.2) is 10.2 Å². The third-order valence-corrected chi connectivity index (χ3v) is 2.30. The van der Waals surface area contributed by atoms with Crippen molar-refractivity contribution in [3.8, 4) is 0 Å². The molecule has 0 aliphatic heterocycles. The summed E-state index contributed by atoms with van der Waals surface area (Å²) in [5, 5.41) is 6.19. The number of nitrogens with two attached hydrogens (primary N) is 1. The van der Waals surface area contributed by atoms with Crippen molar-refractivity contribution in [2.75, 3.05) is 0 Å². The first-order valence-electron chi connectivity index (χ1n) is 2.91. The van der Waals surface area contributed by atoms with Crippen LogP contribution in [-0.4, -0.2) is 13.4 Å². The van der Waals surface area contributed by atoms with Crippen molar-refractivity contribution in [3.05, 3.63) is 20.7 Å². The Morgan fingerprint density at radius 2 is 2.33 bits per heavy atom. The molecule has 0 radical (unpaired) electrons. The second-order valence-corrected chi connectivity index (χ2v) is 4.26. The molecule has 0 bridgehead atoms. The Balaban J connectivity index is 2.61. The van der Waals surface area contributed by atoms with Crippen molar-refractivity contribution in [1.82, 2.24) is 9.71 Å². The fourth-order valence-corrected chi connectivity index (χ4v) is 1.52. The lowest BCUT2D eigenvalue weighted by Crippen LogP contribution is -2.30. The van der Waals surface area contributed by atoms with Crippen LogP contribution in [0.4, 0.5) is 0 Å². The summed E-state index contributed by atoms with van der Waals surface area (Å²) in [5.74, 6) is 0.